The van der Waals surface area contributed by atoms with Gasteiger partial charge in [0.1, 0.15) is 10.6 Å². The van der Waals surface area contributed by atoms with Crippen LogP contribution in [0.4, 0.5) is 0 Å². The lowest BCUT2D eigenvalue weighted by Gasteiger charge is -2.27. The Bertz CT molecular complexity index is 994. The Morgan fingerprint density at radius 1 is 1.27 bits per heavy atom. The first kappa shape index (κ1) is 18.4. The number of sulfonamides is 1. The third kappa shape index (κ3) is 2.86. The van der Waals surface area contributed by atoms with Gasteiger partial charge in [0.15, 0.2) is 5.69 Å². The van der Waals surface area contributed by atoms with Gasteiger partial charge in [-0.25, -0.2) is 13.2 Å². The van der Waals surface area contributed by atoms with Gasteiger partial charge in [0.05, 0.1) is 12.8 Å². The minimum absolute atomic E-state index is 0.0203. The van der Waals surface area contributed by atoms with E-state index in [0.29, 0.717) is 17.7 Å². The fourth-order valence-corrected chi connectivity index (χ4v) is 4.84. The number of hydrogen-bond acceptors (Lipinski definition) is 5. The van der Waals surface area contributed by atoms with Crippen LogP contribution in [0.15, 0.2) is 17.0 Å². The number of carboxylic acid groups (broad SMARTS) is 1. The number of methoxy groups -OCH3 is 1. The van der Waals surface area contributed by atoms with Gasteiger partial charge in [0.25, 0.3) is 0 Å². The number of aryl methyl sites for hydroxylation is 3. The number of aromatic carboxylic acids is 1. The van der Waals surface area contributed by atoms with Crippen molar-refractivity contribution in [3.63, 3.8) is 0 Å². The normalized spacial score (nSPS) is 14.9. The van der Waals surface area contributed by atoms with Crippen molar-refractivity contribution in [2.45, 2.75) is 31.7 Å². The zero-order valence-electron chi connectivity index (χ0n) is 15.1. The first-order chi connectivity index (χ1) is 12.2. The minimum atomic E-state index is -3.84. The van der Waals surface area contributed by atoms with Gasteiger partial charge in [-0.2, -0.15) is 9.40 Å². The molecular formula is C17H21N3O5S. The van der Waals surface area contributed by atoms with Crippen LogP contribution in [-0.2, 0) is 30.0 Å². The molecule has 2 heterocycles. The second-order valence-corrected chi connectivity index (χ2v) is 8.28. The molecule has 0 unspecified atom stereocenters. The molecule has 0 spiro atoms. The van der Waals surface area contributed by atoms with E-state index >= 15 is 0 Å². The molecular weight excluding hydrogens is 358 g/mol. The molecule has 1 aliphatic heterocycles. The van der Waals surface area contributed by atoms with Crippen LogP contribution < -0.4 is 4.74 Å². The van der Waals surface area contributed by atoms with Gasteiger partial charge in [-0.15, -0.1) is 0 Å². The van der Waals surface area contributed by atoms with Gasteiger partial charge in [0, 0.05) is 32.1 Å². The Morgan fingerprint density at radius 2 is 1.92 bits per heavy atom. The molecule has 8 nitrogen and oxygen atoms in total. The van der Waals surface area contributed by atoms with Crippen molar-refractivity contribution < 1.29 is 23.1 Å². The number of benzene rings is 1. The molecule has 0 radical (unpaired) electrons. The van der Waals surface area contributed by atoms with E-state index < -0.39 is 16.0 Å². The number of hydrogen-bond donors (Lipinski definition) is 1. The van der Waals surface area contributed by atoms with Crippen molar-refractivity contribution in [2.75, 3.05) is 13.7 Å². The molecule has 0 saturated carbocycles. The van der Waals surface area contributed by atoms with E-state index in [2.05, 4.69) is 5.10 Å². The number of carboxylic acids is 1. The third-order valence-electron chi connectivity index (χ3n) is 4.76. The Morgan fingerprint density at radius 3 is 2.54 bits per heavy atom. The molecule has 1 N–H and O–H groups in total. The first-order valence-corrected chi connectivity index (χ1v) is 9.54. The SMILES string of the molecule is COc1cc(C)c(C)cc1S(=O)(=O)N1CCc2nn(C)c(C(=O)O)c2C1. The summed E-state index contributed by atoms with van der Waals surface area (Å²) in [6, 6.07) is 3.30. The van der Waals surface area contributed by atoms with Gasteiger partial charge < -0.3 is 9.84 Å². The van der Waals surface area contributed by atoms with Crippen LogP contribution in [0.1, 0.15) is 32.9 Å². The Balaban J connectivity index is 2.06. The van der Waals surface area contributed by atoms with Gasteiger partial charge >= 0.3 is 5.97 Å². The molecule has 3 rings (SSSR count). The molecule has 1 aliphatic rings. The van der Waals surface area contributed by atoms with Crippen molar-refractivity contribution in [2.24, 2.45) is 7.05 Å². The summed E-state index contributed by atoms with van der Waals surface area (Å²) >= 11 is 0. The second-order valence-electron chi connectivity index (χ2n) is 6.38. The van der Waals surface area contributed by atoms with E-state index in [4.69, 9.17) is 4.74 Å². The van der Waals surface area contributed by atoms with Crippen LogP contribution in [0.3, 0.4) is 0 Å². The average molecular weight is 379 g/mol. The highest BCUT2D eigenvalue weighted by Gasteiger charge is 2.35. The van der Waals surface area contributed by atoms with E-state index in [9.17, 15) is 18.3 Å². The number of nitrogens with zero attached hydrogens (tertiary/aromatic N) is 3. The summed E-state index contributed by atoms with van der Waals surface area (Å²) in [7, 11) is -0.861. The zero-order valence-corrected chi connectivity index (χ0v) is 15.9. The van der Waals surface area contributed by atoms with Crippen LogP contribution in [-0.4, -0.2) is 47.2 Å². The fourth-order valence-electron chi connectivity index (χ4n) is 3.21. The summed E-state index contributed by atoms with van der Waals surface area (Å²) in [6.45, 7) is 3.94. The lowest BCUT2D eigenvalue weighted by Crippen LogP contribution is -2.36. The quantitative estimate of drug-likeness (QED) is 0.864. The Hall–Kier alpha value is -2.39. The van der Waals surface area contributed by atoms with Gasteiger partial charge in [-0.1, -0.05) is 0 Å². The van der Waals surface area contributed by atoms with Gasteiger partial charge in [0.2, 0.25) is 10.0 Å². The van der Waals surface area contributed by atoms with E-state index in [1.165, 1.54) is 16.1 Å². The maximum Gasteiger partial charge on any atom is 0.354 e. The number of fused-ring (bicyclic) bond motifs is 1. The molecule has 26 heavy (non-hydrogen) atoms. The average Bonchev–Trinajstić information content (AvgIpc) is 2.91. The molecule has 1 aromatic carbocycles. The predicted octanol–water partition coefficient (Wildman–Crippen LogP) is 1.49. The number of ether oxygens (including phenoxy) is 1. The molecule has 0 atom stereocenters. The largest absolute Gasteiger partial charge is 0.495 e. The predicted molar refractivity (Wildman–Crippen MR) is 93.9 cm³/mol. The summed E-state index contributed by atoms with van der Waals surface area (Å²) in [5.41, 5.74) is 2.87. The topological polar surface area (TPSA) is 102 Å². The van der Waals surface area contributed by atoms with Gasteiger partial charge in [-0.05, 0) is 37.1 Å². The lowest BCUT2D eigenvalue weighted by atomic mass is 10.1. The molecule has 0 fully saturated rings. The molecule has 0 amide bonds. The standard InChI is InChI=1S/C17H21N3O5S/c1-10-7-14(25-4)15(8-11(10)2)26(23,24)20-6-5-13-12(9-20)16(17(21)22)19(3)18-13/h7-8H,5-6,9H2,1-4H3,(H,21,22). The van der Waals surface area contributed by atoms with Crippen LogP contribution in [0.5, 0.6) is 5.75 Å². The molecule has 0 saturated heterocycles. The van der Waals surface area contributed by atoms with Crippen molar-refractivity contribution >= 4 is 16.0 Å². The summed E-state index contributed by atoms with van der Waals surface area (Å²) in [5.74, 6) is -0.840. The van der Waals surface area contributed by atoms with Crippen LogP contribution >= 0.6 is 0 Å². The maximum atomic E-state index is 13.2. The van der Waals surface area contributed by atoms with Crippen molar-refractivity contribution in [1.29, 1.82) is 0 Å². The van der Waals surface area contributed by atoms with E-state index in [1.807, 2.05) is 13.8 Å². The summed E-state index contributed by atoms with van der Waals surface area (Å²) < 4.78 is 34.3. The second kappa shape index (κ2) is 6.40. The van der Waals surface area contributed by atoms with Gasteiger partial charge in [-0.3, -0.25) is 4.68 Å². The van der Waals surface area contributed by atoms with E-state index in [0.717, 1.165) is 11.1 Å². The summed E-state index contributed by atoms with van der Waals surface area (Å²) in [5, 5.41) is 13.6. The van der Waals surface area contributed by atoms with Crippen LogP contribution in [0, 0.1) is 13.8 Å². The zero-order chi connectivity index (χ0) is 19.2. The lowest BCUT2D eigenvalue weighted by molar-refractivity contribution is 0.0683. The Labute approximate surface area is 152 Å². The van der Waals surface area contributed by atoms with Crippen molar-refractivity contribution in [3.05, 3.63) is 40.2 Å². The monoisotopic (exact) mass is 379 g/mol. The molecule has 2 aromatic rings. The maximum absolute atomic E-state index is 13.2. The van der Waals surface area contributed by atoms with Crippen LogP contribution in [0.2, 0.25) is 0 Å². The minimum Gasteiger partial charge on any atom is -0.495 e. The number of aromatic nitrogens is 2. The third-order valence-corrected chi connectivity index (χ3v) is 6.63. The molecule has 140 valence electrons. The molecule has 0 bridgehead atoms. The summed E-state index contributed by atoms with van der Waals surface area (Å²) in [4.78, 5) is 11.6. The number of carbonyl (C=O) groups is 1. The highest BCUT2D eigenvalue weighted by molar-refractivity contribution is 7.89. The molecule has 9 heteroatoms. The number of rotatable bonds is 4. The first-order valence-electron chi connectivity index (χ1n) is 8.10. The van der Waals surface area contributed by atoms with Crippen molar-refractivity contribution in [1.82, 2.24) is 14.1 Å². The highest BCUT2D eigenvalue weighted by Crippen LogP contribution is 2.33. The van der Waals surface area contributed by atoms with E-state index in [1.54, 1.807) is 19.2 Å². The molecule has 1 aromatic heterocycles. The fraction of sp³-hybridized carbons (Fsp3) is 0.412. The van der Waals surface area contributed by atoms with Crippen LogP contribution in [0.25, 0.3) is 0 Å². The summed E-state index contributed by atoms with van der Waals surface area (Å²) in [6.07, 6.45) is 0.364. The molecule has 0 aliphatic carbocycles. The Kier molecular flexibility index (Phi) is 4.53. The van der Waals surface area contributed by atoms with E-state index in [-0.39, 0.29) is 29.4 Å². The smallest absolute Gasteiger partial charge is 0.354 e. The van der Waals surface area contributed by atoms with Crippen molar-refractivity contribution in [3.8, 4) is 5.75 Å². The highest BCUT2D eigenvalue weighted by atomic mass is 32.2.